The van der Waals surface area contributed by atoms with Crippen LogP contribution in [0.15, 0.2) is 42.1 Å². The summed E-state index contributed by atoms with van der Waals surface area (Å²) < 4.78 is 1.72. The van der Waals surface area contributed by atoms with Gasteiger partial charge in [-0.25, -0.2) is 4.98 Å². The summed E-state index contributed by atoms with van der Waals surface area (Å²) in [7, 11) is 0. The van der Waals surface area contributed by atoms with Crippen molar-refractivity contribution in [2.24, 2.45) is 5.16 Å². The predicted octanol–water partition coefficient (Wildman–Crippen LogP) is 3.47. The highest BCUT2D eigenvalue weighted by molar-refractivity contribution is 6.01. The van der Waals surface area contributed by atoms with Gasteiger partial charge in [0.25, 0.3) is 0 Å². The third-order valence-corrected chi connectivity index (χ3v) is 3.45. The fourth-order valence-corrected chi connectivity index (χ4v) is 2.32. The van der Waals surface area contributed by atoms with Crippen LogP contribution in [0, 0.1) is 0 Å². The number of imidazole rings is 1. The number of oxime groups is 1. The van der Waals surface area contributed by atoms with E-state index >= 15 is 0 Å². The average molecular weight is 271 g/mol. The van der Waals surface area contributed by atoms with Crippen LogP contribution in [0.1, 0.15) is 43.4 Å². The monoisotopic (exact) mass is 271 g/mol. The Morgan fingerprint density at radius 3 is 2.80 bits per heavy atom. The van der Waals surface area contributed by atoms with Gasteiger partial charge in [0.2, 0.25) is 0 Å². The highest BCUT2D eigenvalue weighted by Crippen LogP contribution is 2.17. The van der Waals surface area contributed by atoms with Crippen LogP contribution < -0.4 is 0 Å². The Hall–Kier alpha value is -2.10. The van der Waals surface area contributed by atoms with Crippen LogP contribution in [-0.2, 0) is 12.8 Å². The predicted molar refractivity (Wildman–Crippen MR) is 80.4 cm³/mol. The van der Waals surface area contributed by atoms with Crippen molar-refractivity contribution < 1.29 is 5.21 Å². The molecule has 1 heterocycles. The zero-order valence-electron chi connectivity index (χ0n) is 12.1. The smallest absolute Gasteiger partial charge is 0.184 e. The number of benzene rings is 1. The minimum atomic E-state index is 0.515. The molecule has 2 rings (SSSR count). The molecule has 106 valence electrons. The maximum Gasteiger partial charge on any atom is 0.184 e. The molecule has 0 radical (unpaired) electrons. The van der Waals surface area contributed by atoms with Crippen molar-refractivity contribution in [1.29, 1.82) is 0 Å². The lowest BCUT2D eigenvalue weighted by atomic mass is 9.98. The Morgan fingerprint density at radius 1 is 1.35 bits per heavy atom. The molecule has 1 aromatic heterocycles. The maximum absolute atomic E-state index is 9.32. The number of hydrogen-bond acceptors (Lipinski definition) is 3. The van der Waals surface area contributed by atoms with E-state index in [4.69, 9.17) is 0 Å². The Labute approximate surface area is 119 Å². The van der Waals surface area contributed by atoms with Crippen LogP contribution in [0.25, 0.3) is 0 Å². The second-order valence-electron chi connectivity index (χ2n) is 4.84. The maximum atomic E-state index is 9.32. The third kappa shape index (κ3) is 3.07. The largest absolute Gasteiger partial charge is 0.409 e. The van der Waals surface area contributed by atoms with Gasteiger partial charge in [0, 0.05) is 18.0 Å². The van der Waals surface area contributed by atoms with Gasteiger partial charge < -0.3 is 5.21 Å². The molecule has 1 aromatic carbocycles. The standard InChI is InChI=1S/C16H21N3O/c1-3-5-6-13-7-8-15(14(4-2)11-13)16(18-20)19-10-9-17-12-19/h7-12,20H,3-6H2,1-2H3. The van der Waals surface area contributed by atoms with Gasteiger partial charge in [0.1, 0.15) is 6.33 Å². The molecule has 4 nitrogen and oxygen atoms in total. The number of rotatable bonds is 5. The highest BCUT2D eigenvalue weighted by Gasteiger charge is 2.11. The lowest BCUT2D eigenvalue weighted by Crippen LogP contribution is -2.14. The molecular formula is C16H21N3O. The van der Waals surface area contributed by atoms with Crippen LogP contribution in [0.3, 0.4) is 0 Å². The fraction of sp³-hybridized carbons (Fsp3) is 0.375. The number of nitrogens with zero attached hydrogens (tertiary/aromatic N) is 3. The Kier molecular flexibility index (Phi) is 4.93. The van der Waals surface area contributed by atoms with Crippen molar-refractivity contribution in [3.8, 4) is 0 Å². The minimum absolute atomic E-state index is 0.515. The molecular weight excluding hydrogens is 250 g/mol. The van der Waals surface area contributed by atoms with E-state index < -0.39 is 0 Å². The molecule has 0 bridgehead atoms. The molecule has 2 aromatic rings. The number of unbranched alkanes of at least 4 members (excludes halogenated alkanes) is 1. The molecule has 0 amide bonds. The van der Waals surface area contributed by atoms with E-state index in [1.54, 1.807) is 23.3 Å². The van der Waals surface area contributed by atoms with Gasteiger partial charge in [-0.15, -0.1) is 0 Å². The molecule has 0 spiro atoms. The summed E-state index contributed by atoms with van der Waals surface area (Å²) in [4.78, 5) is 4.00. The first kappa shape index (κ1) is 14.3. The van der Waals surface area contributed by atoms with Gasteiger partial charge in [-0.05, 0) is 30.4 Å². The summed E-state index contributed by atoms with van der Waals surface area (Å²) >= 11 is 0. The summed E-state index contributed by atoms with van der Waals surface area (Å²) in [6, 6.07) is 6.37. The van der Waals surface area contributed by atoms with E-state index in [1.807, 2.05) is 6.07 Å². The van der Waals surface area contributed by atoms with Crippen molar-refractivity contribution in [1.82, 2.24) is 9.55 Å². The molecule has 20 heavy (non-hydrogen) atoms. The van der Waals surface area contributed by atoms with Crippen LogP contribution in [-0.4, -0.2) is 20.6 Å². The summed E-state index contributed by atoms with van der Waals surface area (Å²) in [5, 5.41) is 12.8. The van der Waals surface area contributed by atoms with Crippen molar-refractivity contribution >= 4 is 5.84 Å². The molecule has 0 atom stereocenters. The second-order valence-corrected chi connectivity index (χ2v) is 4.84. The van der Waals surface area contributed by atoms with E-state index in [0.717, 1.165) is 18.4 Å². The molecule has 0 aliphatic rings. The van der Waals surface area contributed by atoms with Gasteiger partial charge in [-0.1, -0.05) is 43.6 Å². The molecule has 1 N–H and O–H groups in total. The highest BCUT2D eigenvalue weighted by atomic mass is 16.4. The van der Waals surface area contributed by atoms with Crippen molar-refractivity contribution in [2.75, 3.05) is 0 Å². The molecule has 0 aliphatic carbocycles. The van der Waals surface area contributed by atoms with Crippen molar-refractivity contribution in [2.45, 2.75) is 39.5 Å². The molecule has 0 fully saturated rings. The topological polar surface area (TPSA) is 50.4 Å². The average Bonchev–Trinajstić information content (AvgIpc) is 3.00. The van der Waals surface area contributed by atoms with Crippen LogP contribution in [0.4, 0.5) is 0 Å². The van der Waals surface area contributed by atoms with Crippen molar-refractivity contribution in [3.63, 3.8) is 0 Å². The van der Waals surface area contributed by atoms with Gasteiger partial charge >= 0.3 is 0 Å². The molecule has 0 unspecified atom stereocenters. The van der Waals surface area contributed by atoms with E-state index in [9.17, 15) is 5.21 Å². The van der Waals surface area contributed by atoms with Gasteiger partial charge in [0.05, 0.1) is 0 Å². The molecule has 0 aliphatic heterocycles. The number of aromatic nitrogens is 2. The summed E-state index contributed by atoms with van der Waals surface area (Å²) in [6.45, 7) is 4.32. The summed E-state index contributed by atoms with van der Waals surface area (Å²) in [5.41, 5.74) is 3.49. The first-order chi connectivity index (χ1) is 9.80. The first-order valence-corrected chi connectivity index (χ1v) is 7.12. The Bertz CT molecular complexity index is 573. The second kappa shape index (κ2) is 6.89. The minimum Gasteiger partial charge on any atom is -0.409 e. The lowest BCUT2D eigenvalue weighted by Gasteiger charge is -2.12. The van der Waals surface area contributed by atoms with Crippen molar-refractivity contribution in [3.05, 3.63) is 53.6 Å². The quantitative estimate of drug-likeness (QED) is 0.392. The van der Waals surface area contributed by atoms with Gasteiger partial charge in [0.15, 0.2) is 5.84 Å². The Morgan fingerprint density at radius 2 is 2.20 bits per heavy atom. The number of aryl methyl sites for hydroxylation is 2. The summed E-state index contributed by atoms with van der Waals surface area (Å²) in [6.07, 6.45) is 9.49. The Balaban J connectivity index is 2.36. The van der Waals surface area contributed by atoms with E-state index in [0.29, 0.717) is 5.84 Å². The first-order valence-electron chi connectivity index (χ1n) is 7.12. The van der Waals surface area contributed by atoms with Gasteiger partial charge in [-0.2, -0.15) is 0 Å². The van der Waals surface area contributed by atoms with Crippen LogP contribution in [0.5, 0.6) is 0 Å². The zero-order valence-corrected chi connectivity index (χ0v) is 12.1. The molecule has 0 saturated heterocycles. The van der Waals surface area contributed by atoms with Crippen LogP contribution in [0.2, 0.25) is 0 Å². The molecule has 4 heteroatoms. The van der Waals surface area contributed by atoms with E-state index in [2.05, 4.69) is 36.1 Å². The molecule has 0 saturated carbocycles. The fourth-order valence-electron chi connectivity index (χ4n) is 2.32. The van der Waals surface area contributed by atoms with E-state index in [-0.39, 0.29) is 0 Å². The van der Waals surface area contributed by atoms with Crippen LogP contribution >= 0.6 is 0 Å². The van der Waals surface area contributed by atoms with E-state index in [1.165, 1.54) is 24.0 Å². The summed E-state index contributed by atoms with van der Waals surface area (Å²) in [5.74, 6) is 0.515. The number of hydrogen-bond donors (Lipinski definition) is 1. The third-order valence-electron chi connectivity index (χ3n) is 3.45. The van der Waals surface area contributed by atoms with Gasteiger partial charge in [-0.3, -0.25) is 4.57 Å². The normalized spacial score (nSPS) is 11.8. The zero-order chi connectivity index (χ0) is 14.4. The SMILES string of the molecule is CCCCc1ccc(C(=NO)n2ccnc2)c(CC)c1. The lowest BCUT2D eigenvalue weighted by molar-refractivity contribution is 0.317.